The van der Waals surface area contributed by atoms with Crippen molar-refractivity contribution in [1.82, 2.24) is 15.2 Å². The number of hydrogen-bond donors (Lipinski definition) is 1. The summed E-state index contributed by atoms with van der Waals surface area (Å²) in [5.41, 5.74) is 2.75. The maximum atomic E-state index is 13.5. The summed E-state index contributed by atoms with van der Waals surface area (Å²) in [6, 6.07) is 12.3. The molecule has 176 valence electrons. The molecule has 2 aliphatic rings. The van der Waals surface area contributed by atoms with E-state index in [-0.39, 0.29) is 24.0 Å². The molecule has 2 aliphatic heterocycles. The third kappa shape index (κ3) is 5.44. The average molecular weight is 450 g/mol. The third-order valence-corrected chi connectivity index (χ3v) is 6.91. The number of ether oxygens (including phenoxy) is 1. The molecule has 0 radical (unpaired) electrons. The summed E-state index contributed by atoms with van der Waals surface area (Å²) >= 11 is 0. The second-order valence-electron chi connectivity index (χ2n) is 9.66. The van der Waals surface area contributed by atoms with Gasteiger partial charge in [0.1, 0.15) is 6.10 Å². The molecule has 0 aliphatic carbocycles. The van der Waals surface area contributed by atoms with Gasteiger partial charge in [-0.25, -0.2) is 0 Å². The second kappa shape index (κ2) is 10.5. The molecule has 1 aromatic carbocycles. The molecule has 2 aromatic rings. The molecule has 3 heterocycles. The van der Waals surface area contributed by atoms with Gasteiger partial charge in [0.25, 0.3) is 5.91 Å². The Morgan fingerprint density at radius 3 is 2.61 bits per heavy atom. The van der Waals surface area contributed by atoms with Crippen molar-refractivity contribution in [1.29, 1.82) is 0 Å². The van der Waals surface area contributed by atoms with Crippen molar-refractivity contribution in [2.75, 3.05) is 19.7 Å². The predicted molar refractivity (Wildman–Crippen MR) is 128 cm³/mol. The molecule has 2 fully saturated rings. The average Bonchev–Trinajstić information content (AvgIpc) is 2.85. The number of nitrogens with one attached hydrogen (secondary N) is 1. The molecule has 2 saturated heterocycles. The minimum Gasteiger partial charge on any atom is -0.368 e. The lowest BCUT2D eigenvalue weighted by Crippen LogP contribution is -2.54. The fraction of sp³-hybridized carbons (Fsp3) is 0.519. The Labute approximate surface area is 196 Å². The van der Waals surface area contributed by atoms with Crippen molar-refractivity contribution in [2.45, 2.75) is 64.5 Å². The molecular weight excluding hydrogens is 414 g/mol. The zero-order chi connectivity index (χ0) is 23.3. The van der Waals surface area contributed by atoms with E-state index in [9.17, 15) is 9.59 Å². The molecule has 2 amide bonds. The fourth-order valence-electron chi connectivity index (χ4n) is 5.04. The summed E-state index contributed by atoms with van der Waals surface area (Å²) in [6.45, 7) is 5.82. The molecule has 0 saturated carbocycles. The van der Waals surface area contributed by atoms with E-state index in [0.29, 0.717) is 39.0 Å². The number of rotatable bonds is 6. The van der Waals surface area contributed by atoms with Crippen molar-refractivity contribution >= 4 is 11.8 Å². The van der Waals surface area contributed by atoms with Crippen molar-refractivity contribution in [2.24, 2.45) is 5.41 Å². The first-order valence-corrected chi connectivity index (χ1v) is 12.2. The molecule has 0 spiro atoms. The summed E-state index contributed by atoms with van der Waals surface area (Å²) in [5, 5.41) is 3.16. The van der Waals surface area contributed by atoms with Gasteiger partial charge in [0.15, 0.2) is 0 Å². The van der Waals surface area contributed by atoms with Gasteiger partial charge in [-0.1, -0.05) is 30.3 Å². The summed E-state index contributed by atoms with van der Waals surface area (Å²) in [6.07, 6.45) is 8.11. The number of pyridine rings is 1. The Kier molecular flexibility index (Phi) is 7.43. The number of piperidine rings is 1. The topological polar surface area (TPSA) is 71.5 Å². The highest BCUT2D eigenvalue weighted by atomic mass is 16.5. The van der Waals surface area contributed by atoms with Crippen molar-refractivity contribution in [3.63, 3.8) is 0 Å². The Morgan fingerprint density at radius 1 is 1.15 bits per heavy atom. The van der Waals surface area contributed by atoms with Crippen LogP contribution in [0.5, 0.6) is 0 Å². The van der Waals surface area contributed by atoms with Gasteiger partial charge in [-0.15, -0.1) is 0 Å². The maximum Gasteiger partial charge on any atom is 0.251 e. The minimum absolute atomic E-state index is 0.0678. The Hall–Kier alpha value is -2.73. The van der Waals surface area contributed by atoms with E-state index in [4.69, 9.17) is 4.74 Å². The predicted octanol–water partition coefficient (Wildman–Crippen LogP) is 3.99. The summed E-state index contributed by atoms with van der Waals surface area (Å²) in [5.74, 6) is 0.169. The second-order valence-corrected chi connectivity index (χ2v) is 9.66. The first-order chi connectivity index (χ1) is 16.0. The molecule has 6 nitrogen and oxygen atoms in total. The first kappa shape index (κ1) is 23.4. The van der Waals surface area contributed by atoms with Gasteiger partial charge < -0.3 is 15.0 Å². The van der Waals surface area contributed by atoms with Crippen LogP contribution < -0.4 is 5.32 Å². The lowest BCUT2D eigenvalue weighted by molar-refractivity contribution is -0.151. The number of carbonyl (C=O) groups is 2. The quantitative estimate of drug-likeness (QED) is 0.724. The van der Waals surface area contributed by atoms with E-state index < -0.39 is 5.41 Å². The number of nitrogens with zero attached hydrogens (tertiary/aromatic N) is 2. The van der Waals surface area contributed by atoms with Gasteiger partial charge in [-0.05, 0) is 69.6 Å². The number of hydrogen-bond acceptors (Lipinski definition) is 4. The molecular formula is C27H35N3O3. The van der Waals surface area contributed by atoms with Crippen molar-refractivity contribution in [3.8, 4) is 11.1 Å². The molecule has 1 aromatic heterocycles. The lowest BCUT2D eigenvalue weighted by atomic mass is 9.71. The van der Waals surface area contributed by atoms with Gasteiger partial charge in [-0.2, -0.15) is 0 Å². The molecule has 1 atom stereocenters. The highest BCUT2D eigenvalue weighted by Crippen LogP contribution is 2.38. The molecule has 1 unspecified atom stereocenters. The van der Waals surface area contributed by atoms with Crippen LogP contribution in [0.2, 0.25) is 0 Å². The molecule has 33 heavy (non-hydrogen) atoms. The van der Waals surface area contributed by atoms with Crippen LogP contribution in [0.4, 0.5) is 0 Å². The number of carbonyl (C=O) groups excluding carboxylic acids is 2. The van der Waals surface area contributed by atoms with E-state index >= 15 is 0 Å². The summed E-state index contributed by atoms with van der Waals surface area (Å²) in [4.78, 5) is 32.7. The molecule has 4 rings (SSSR count). The Bertz CT molecular complexity index is 946. The van der Waals surface area contributed by atoms with Crippen LogP contribution >= 0.6 is 0 Å². The highest BCUT2D eigenvalue weighted by Gasteiger charge is 2.43. The van der Waals surface area contributed by atoms with Crippen molar-refractivity contribution < 1.29 is 14.3 Å². The van der Waals surface area contributed by atoms with Crippen LogP contribution in [-0.4, -0.2) is 53.5 Å². The normalized spacial score (nSPS) is 20.5. The molecule has 1 N–H and O–H groups in total. The minimum atomic E-state index is -0.549. The third-order valence-electron chi connectivity index (χ3n) is 6.91. The molecule has 6 heteroatoms. The highest BCUT2D eigenvalue weighted by molar-refractivity contribution is 5.85. The van der Waals surface area contributed by atoms with Crippen LogP contribution in [0.15, 0.2) is 48.8 Å². The van der Waals surface area contributed by atoms with Crippen LogP contribution in [0.1, 0.15) is 51.5 Å². The Morgan fingerprint density at radius 2 is 1.94 bits per heavy atom. The lowest BCUT2D eigenvalue weighted by Gasteiger charge is -2.42. The van der Waals surface area contributed by atoms with Crippen LogP contribution in [-0.2, 0) is 20.7 Å². The van der Waals surface area contributed by atoms with Gasteiger partial charge in [0, 0.05) is 43.7 Å². The number of benzene rings is 1. The number of amides is 2. The fourth-order valence-corrected chi connectivity index (χ4v) is 5.04. The molecule has 0 bridgehead atoms. The standard InChI is InChI=1S/C27H35N3O3/c1-20(2)29-26(32)27(12-15-30(16-13-27)25(31)24-11-5-6-17-33-24)18-21-8-3-4-10-23(21)22-9-7-14-28-19-22/h3-4,7-10,14,19-20,24H,5-6,11-13,15-18H2,1-2H3,(H,29,32). The van der Waals surface area contributed by atoms with Crippen LogP contribution in [0.25, 0.3) is 11.1 Å². The zero-order valence-electron chi connectivity index (χ0n) is 19.8. The first-order valence-electron chi connectivity index (χ1n) is 12.2. The smallest absolute Gasteiger partial charge is 0.251 e. The van der Waals surface area contributed by atoms with Gasteiger partial charge >= 0.3 is 0 Å². The summed E-state index contributed by atoms with van der Waals surface area (Å²) in [7, 11) is 0. The van der Waals surface area contributed by atoms with E-state index in [2.05, 4.69) is 28.5 Å². The van der Waals surface area contributed by atoms with E-state index in [1.165, 1.54) is 0 Å². The van der Waals surface area contributed by atoms with Crippen LogP contribution in [0.3, 0.4) is 0 Å². The maximum absolute atomic E-state index is 13.5. The number of likely N-dealkylation sites (tertiary alicyclic amines) is 1. The summed E-state index contributed by atoms with van der Waals surface area (Å²) < 4.78 is 5.73. The monoisotopic (exact) mass is 449 g/mol. The SMILES string of the molecule is CC(C)NC(=O)C1(Cc2ccccc2-c2cccnc2)CCN(C(=O)C2CCCCO2)CC1. The van der Waals surface area contributed by atoms with Crippen LogP contribution in [0, 0.1) is 5.41 Å². The Balaban J connectivity index is 1.56. The van der Waals surface area contributed by atoms with E-state index in [0.717, 1.165) is 36.0 Å². The van der Waals surface area contributed by atoms with Gasteiger partial charge in [-0.3, -0.25) is 14.6 Å². The van der Waals surface area contributed by atoms with E-state index in [1.807, 2.05) is 43.1 Å². The van der Waals surface area contributed by atoms with Gasteiger partial charge in [0.05, 0.1) is 5.41 Å². The largest absolute Gasteiger partial charge is 0.368 e. The van der Waals surface area contributed by atoms with Gasteiger partial charge in [0.2, 0.25) is 5.91 Å². The van der Waals surface area contributed by atoms with E-state index in [1.54, 1.807) is 6.20 Å². The zero-order valence-corrected chi connectivity index (χ0v) is 19.8. The number of aromatic nitrogens is 1. The van der Waals surface area contributed by atoms with Crippen molar-refractivity contribution in [3.05, 3.63) is 54.4 Å².